The second kappa shape index (κ2) is 15.2. The third kappa shape index (κ3) is 7.68. The predicted molar refractivity (Wildman–Crippen MR) is 165 cm³/mol. The highest BCUT2D eigenvalue weighted by molar-refractivity contribution is 7.81. The van der Waals surface area contributed by atoms with Crippen molar-refractivity contribution >= 4 is 57.2 Å². The molecule has 0 saturated heterocycles. The molecule has 2 aromatic carbocycles. The van der Waals surface area contributed by atoms with Crippen molar-refractivity contribution in [2.75, 3.05) is 39.1 Å². The van der Waals surface area contributed by atoms with Crippen LogP contribution in [0.2, 0.25) is 0 Å². The Balaban J connectivity index is 0.000000220. The zero-order valence-corrected chi connectivity index (χ0v) is 25.6. The van der Waals surface area contributed by atoms with Crippen LogP contribution < -0.4 is 29.6 Å². The number of nitrogens with one attached hydrogen (secondary N) is 2. The van der Waals surface area contributed by atoms with Crippen LogP contribution in [0.25, 0.3) is 0 Å². The molecule has 4 rings (SSSR count). The minimum atomic E-state index is -0.266. The zero-order chi connectivity index (χ0) is 29.1. The second-order valence-electron chi connectivity index (χ2n) is 7.98. The Morgan fingerprint density at radius 2 is 1.12 bits per heavy atom. The molecular weight excluding hydrogens is 569 g/mol. The molecule has 2 heterocycles. The monoisotopic (exact) mass is 600 g/mol. The van der Waals surface area contributed by atoms with Gasteiger partial charge >= 0.3 is 0 Å². The lowest BCUT2D eigenvalue weighted by molar-refractivity contribution is 0.102. The lowest BCUT2D eigenvalue weighted by atomic mass is 10.2. The van der Waals surface area contributed by atoms with E-state index in [1.165, 1.54) is 22.7 Å². The number of thiocarbonyl (C=S) groups is 1. The Labute approximate surface area is 247 Å². The number of benzene rings is 2. The van der Waals surface area contributed by atoms with Crippen molar-refractivity contribution in [2.24, 2.45) is 0 Å². The molecule has 212 valence electrons. The summed E-state index contributed by atoms with van der Waals surface area (Å²) >= 11 is 8.26. The van der Waals surface area contributed by atoms with E-state index < -0.39 is 0 Å². The molecule has 0 spiro atoms. The van der Waals surface area contributed by atoms with Crippen LogP contribution in [0, 0.1) is 0 Å². The molecular formula is C28H32N4O5S3. The van der Waals surface area contributed by atoms with E-state index in [9.17, 15) is 4.79 Å². The maximum atomic E-state index is 12.2. The number of aromatic nitrogens is 2. The summed E-state index contributed by atoms with van der Waals surface area (Å²) in [4.78, 5) is 21.5. The van der Waals surface area contributed by atoms with Crippen LogP contribution >= 0.6 is 34.9 Å². The molecule has 0 atom stereocenters. The van der Waals surface area contributed by atoms with Crippen molar-refractivity contribution in [3.05, 3.63) is 68.6 Å². The highest BCUT2D eigenvalue weighted by Gasteiger charge is 2.17. The predicted octanol–water partition coefficient (Wildman–Crippen LogP) is 6.49. The molecule has 12 heteroatoms. The molecule has 2 aromatic heterocycles. The van der Waals surface area contributed by atoms with E-state index in [2.05, 4.69) is 27.5 Å². The number of nitrogens with zero attached hydrogens (tertiary/aromatic N) is 2. The smallest absolute Gasteiger partial charge is 0.284 e. The summed E-state index contributed by atoms with van der Waals surface area (Å²) in [7, 11) is 6.31. The van der Waals surface area contributed by atoms with Crippen molar-refractivity contribution in [3.63, 3.8) is 0 Å². The molecule has 40 heavy (non-hydrogen) atoms. The normalized spacial score (nSPS) is 10.2. The van der Waals surface area contributed by atoms with Crippen LogP contribution in [0.4, 0.5) is 11.4 Å². The van der Waals surface area contributed by atoms with Gasteiger partial charge in [-0.3, -0.25) is 4.79 Å². The standard InChI is InChI=1S/C14H16N2O3S.C14H16N2O2S2/c1-4-9-8-20-14(15-9)13(17)16-12-10(18-2)6-5-7-11(12)19-3;1-4-9-8-20-14(15-9)13(19)16-12-10(17-2)6-5-7-11(12)18-3/h5-8H,4H2,1-3H3,(H,16,17);5-8H,4H2,1-3H3,(H,16,19). The van der Waals surface area contributed by atoms with Gasteiger partial charge in [0.25, 0.3) is 5.91 Å². The van der Waals surface area contributed by atoms with E-state index in [1.54, 1.807) is 46.6 Å². The Morgan fingerprint density at radius 1 is 0.725 bits per heavy atom. The van der Waals surface area contributed by atoms with Gasteiger partial charge in [0.2, 0.25) is 0 Å². The van der Waals surface area contributed by atoms with Gasteiger partial charge in [-0.15, -0.1) is 22.7 Å². The van der Waals surface area contributed by atoms with Crippen molar-refractivity contribution in [3.8, 4) is 23.0 Å². The van der Waals surface area contributed by atoms with E-state index in [4.69, 9.17) is 31.2 Å². The highest BCUT2D eigenvalue weighted by Crippen LogP contribution is 2.35. The molecule has 0 fully saturated rings. The number of thiazole rings is 2. The van der Waals surface area contributed by atoms with E-state index in [0.717, 1.165) is 34.9 Å². The largest absolute Gasteiger partial charge is 0.494 e. The summed E-state index contributed by atoms with van der Waals surface area (Å²) in [6.07, 6.45) is 1.71. The maximum absolute atomic E-state index is 12.2. The number of amides is 1. The third-order valence-corrected chi connectivity index (χ3v) is 7.77. The number of hydrogen-bond acceptors (Lipinski definition) is 10. The fourth-order valence-corrected chi connectivity index (χ4v) is 5.31. The zero-order valence-electron chi connectivity index (χ0n) is 23.2. The van der Waals surface area contributed by atoms with Crippen LogP contribution in [-0.2, 0) is 12.8 Å². The van der Waals surface area contributed by atoms with E-state index >= 15 is 0 Å². The molecule has 2 N–H and O–H groups in total. The number of ether oxygens (including phenoxy) is 4. The molecule has 0 saturated carbocycles. The van der Waals surface area contributed by atoms with Crippen LogP contribution in [0.15, 0.2) is 47.2 Å². The number of carbonyl (C=O) groups excluding carboxylic acids is 1. The summed E-state index contributed by atoms with van der Waals surface area (Å²) in [5, 5.41) is 11.1. The first-order chi connectivity index (χ1) is 19.4. The van der Waals surface area contributed by atoms with Crippen LogP contribution in [0.3, 0.4) is 0 Å². The summed E-state index contributed by atoms with van der Waals surface area (Å²) in [5.41, 5.74) is 3.18. The van der Waals surface area contributed by atoms with E-state index in [-0.39, 0.29) is 5.91 Å². The number of aryl methyl sites for hydroxylation is 2. The highest BCUT2D eigenvalue weighted by atomic mass is 32.1. The van der Waals surface area contributed by atoms with Crippen molar-refractivity contribution in [1.29, 1.82) is 0 Å². The number of rotatable bonds is 10. The van der Waals surface area contributed by atoms with E-state index in [0.29, 0.717) is 38.7 Å². The molecule has 0 unspecified atom stereocenters. The molecule has 0 aliphatic carbocycles. The summed E-state index contributed by atoms with van der Waals surface area (Å²) in [6, 6.07) is 10.9. The van der Waals surface area contributed by atoms with Crippen LogP contribution in [0.1, 0.15) is 40.0 Å². The van der Waals surface area contributed by atoms with Gasteiger partial charge in [0, 0.05) is 10.8 Å². The first-order valence-electron chi connectivity index (χ1n) is 12.3. The van der Waals surface area contributed by atoms with Crippen molar-refractivity contribution in [1.82, 2.24) is 9.97 Å². The van der Waals surface area contributed by atoms with Crippen molar-refractivity contribution in [2.45, 2.75) is 26.7 Å². The molecule has 4 aromatic rings. The Hall–Kier alpha value is -3.74. The van der Waals surface area contributed by atoms with Gasteiger partial charge in [-0.25, -0.2) is 9.97 Å². The van der Waals surface area contributed by atoms with Gasteiger partial charge in [0.15, 0.2) is 10.0 Å². The fourth-order valence-electron chi connectivity index (χ4n) is 3.43. The van der Waals surface area contributed by atoms with Crippen LogP contribution in [0.5, 0.6) is 23.0 Å². The molecule has 0 radical (unpaired) electrons. The average molecular weight is 601 g/mol. The summed E-state index contributed by atoms with van der Waals surface area (Å²) in [6.45, 7) is 4.07. The number of hydrogen-bond donors (Lipinski definition) is 2. The second-order valence-corrected chi connectivity index (χ2v) is 10.1. The van der Waals surface area contributed by atoms with E-state index in [1.807, 2.05) is 35.9 Å². The molecule has 0 aliphatic heterocycles. The van der Waals surface area contributed by atoms with Gasteiger partial charge in [0.05, 0.1) is 39.8 Å². The fraction of sp³-hybridized carbons (Fsp3) is 0.286. The molecule has 1 amide bonds. The quantitative estimate of drug-likeness (QED) is 0.198. The molecule has 0 bridgehead atoms. The molecule has 0 aliphatic rings. The SMILES string of the molecule is CCc1csc(C(=O)Nc2c(OC)cccc2OC)n1.CCc1csc(C(=S)Nc2c(OC)cccc2OC)n1. The Bertz CT molecular complexity index is 1280. The Morgan fingerprint density at radius 3 is 1.52 bits per heavy atom. The minimum absolute atomic E-state index is 0.266. The van der Waals surface area contributed by atoms with Crippen molar-refractivity contribution < 1.29 is 23.7 Å². The van der Waals surface area contributed by atoms with Gasteiger partial charge in [-0.05, 0) is 37.1 Å². The first kappa shape index (κ1) is 30.8. The molecule has 9 nitrogen and oxygen atoms in total. The lowest BCUT2D eigenvalue weighted by Gasteiger charge is -2.14. The number of methoxy groups -OCH3 is 4. The summed E-state index contributed by atoms with van der Waals surface area (Å²) < 4.78 is 21.1. The van der Waals surface area contributed by atoms with Gasteiger partial charge < -0.3 is 29.6 Å². The average Bonchev–Trinajstić information content (AvgIpc) is 3.68. The minimum Gasteiger partial charge on any atom is -0.494 e. The Kier molecular flexibility index (Phi) is 11.7. The van der Waals surface area contributed by atoms with Gasteiger partial charge in [-0.1, -0.05) is 38.2 Å². The third-order valence-electron chi connectivity index (χ3n) is 5.55. The number of para-hydroxylation sites is 2. The summed E-state index contributed by atoms with van der Waals surface area (Å²) in [5.74, 6) is 2.19. The number of anilines is 2. The topological polar surface area (TPSA) is 104 Å². The lowest BCUT2D eigenvalue weighted by Crippen LogP contribution is -2.13. The van der Waals surface area contributed by atoms with Gasteiger partial charge in [0.1, 0.15) is 39.4 Å². The number of carbonyl (C=O) groups is 1. The maximum Gasteiger partial charge on any atom is 0.284 e. The van der Waals surface area contributed by atoms with Gasteiger partial charge in [-0.2, -0.15) is 0 Å². The van der Waals surface area contributed by atoms with Crippen LogP contribution in [-0.4, -0.2) is 49.3 Å². The first-order valence-corrected chi connectivity index (χ1v) is 14.5.